The van der Waals surface area contributed by atoms with Gasteiger partial charge in [-0.15, -0.1) is 6.42 Å². The zero-order valence-corrected chi connectivity index (χ0v) is 12.0. The second-order valence-electron chi connectivity index (χ2n) is 5.33. The Labute approximate surface area is 126 Å². The van der Waals surface area contributed by atoms with Crippen LogP contribution in [0.5, 0.6) is 5.75 Å². The normalized spacial score (nSPS) is 15.7. The second kappa shape index (κ2) is 6.47. The molecule has 0 bridgehead atoms. The van der Waals surface area contributed by atoms with Crippen LogP contribution in [0.25, 0.3) is 0 Å². The zero-order chi connectivity index (χ0) is 14.5. The van der Waals surface area contributed by atoms with Crippen molar-refractivity contribution >= 4 is 0 Å². The van der Waals surface area contributed by atoms with Crippen molar-refractivity contribution in [1.29, 1.82) is 0 Å². The van der Waals surface area contributed by atoms with Crippen molar-refractivity contribution in [1.82, 2.24) is 5.32 Å². The molecule has 0 radical (unpaired) electrons. The maximum atomic E-state index is 5.56. The highest BCUT2D eigenvalue weighted by Crippen LogP contribution is 2.34. The van der Waals surface area contributed by atoms with E-state index in [1.54, 1.807) is 0 Å². The lowest BCUT2D eigenvalue weighted by molar-refractivity contribution is 0.364. The molecule has 2 nitrogen and oxygen atoms in total. The number of rotatable bonds is 6. The first-order valence-corrected chi connectivity index (χ1v) is 7.31. The van der Waals surface area contributed by atoms with Gasteiger partial charge in [-0.1, -0.05) is 48.4 Å². The highest BCUT2D eigenvalue weighted by atomic mass is 16.5. The molecular formula is C19H19NO. The summed E-state index contributed by atoms with van der Waals surface area (Å²) in [6.07, 6.45) is 6.43. The van der Waals surface area contributed by atoms with Crippen molar-refractivity contribution in [3.63, 3.8) is 0 Å². The van der Waals surface area contributed by atoms with Gasteiger partial charge in [0.1, 0.15) is 12.4 Å². The SMILES string of the molecule is C#CCOc1ccccc1CNCC1Cc2ccccc21. The number of nitrogens with one attached hydrogen (secondary N) is 1. The van der Waals surface area contributed by atoms with Crippen molar-refractivity contribution in [2.24, 2.45) is 0 Å². The summed E-state index contributed by atoms with van der Waals surface area (Å²) in [6, 6.07) is 16.7. The maximum Gasteiger partial charge on any atom is 0.148 e. The third kappa shape index (κ3) is 3.09. The molecule has 106 valence electrons. The Kier molecular flexibility index (Phi) is 4.23. The van der Waals surface area contributed by atoms with Crippen LogP contribution in [0.2, 0.25) is 0 Å². The van der Waals surface area contributed by atoms with Crippen LogP contribution >= 0.6 is 0 Å². The van der Waals surface area contributed by atoms with Gasteiger partial charge in [0.15, 0.2) is 0 Å². The fourth-order valence-corrected chi connectivity index (χ4v) is 2.84. The van der Waals surface area contributed by atoms with Gasteiger partial charge in [0, 0.05) is 24.6 Å². The molecule has 1 aliphatic carbocycles. The number of fused-ring (bicyclic) bond motifs is 1. The predicted molar refractivity (Wildman–Crippen MR) is 85.4 cm³/mol. The van der Waals surface area contributed by atoms with E-state index in [0.717, 1.165) is 24.4 Å². The van der Waals surface area contributed by atoms with Crippen molar-refractivity contribution in [2.45, 2.75) is 18.9 Å². The number of para-hydroxylation sites is 1. The van der Waals surface area contributed by atoms with Crippen LogP contribution in [-0.4, -0.2) is 13.2 Å². The van der Waals surface area contributed by atoms with Gasteiger partial charge in [0.2, 0.25) is 0 Å². The van der Waals surface area contributed by atoms with Crippen LogP contribution in [0.1, 0.15) is 22.6 Å². The van der Waals surface area contributed by atoms with Gasteiger partial charge in [-0.05, 0) is 23.6 Å². The van der Waals surface area contributed by atoms with E-state index in [1.807, 2.05) is 18.2 Å². The molecular weight excluding hydrogens is 258 g/mol. The summed E-state index contributed by atoms with van der Waals surface area (Å²) in [6.45, 7) is 2.12. The minimum absolute atomic E-state index is 0.313. The Morgan fingerprint density at radius 1 is 1.14 bits per heavy atom. The van der Waals surface area contributed by atoms with Crippen molar-refractivity contribution in [3.05, 3.63) is 65.2 Å². The first kappa shape index (κ1) is 13.7. The minimum atomic E-state index is 0.313. The molecule has 3 rings (SSSR count). The third-order valence-corrected chi connectivity index (χ3v) is 3.95. The minimum Gasteiger partial charge on any atom is -0.481 e. The number of hydrogen-bond donors (Lipinski definition) is 1. The maximum absolute atomic E-state index is 5.56. The summed E-state index contributed by atoms with van der Waals surface area (Å²) in [5.74, 6) is 4.02. The molecule has 1 N–H and O–H groups in total. The summed E-state index contributed by atoms with van der Waals surface area (Å²) in [7, 11) is 0. The molecule has 1 aliphatic rings. The van der Waals surface area contributed by atoms with Crippen LogP contribution in [0.3, 0.4) is 0 Å². The predicted octanol–water partition coefficient (Wildman–Crippen LogP) is 3.13. The smallest absolute Gasteiger partial charge is 0.148 e. The molecule has 1 unspecified atom stereocenters. The van der Waals surface area contributed by atoms with E-state index in [4.69, 9.17) is 11.2 Å². The van der Waals surface area contributed by atoms with Gasteiger partial charge in [-0.25, -0.2) is 0 Å². The van der Waals surface area contributed by atoms with Gasteiger partial charge in [0.05, 0.1) is 0 Å². The Hall–Kier alpha value is -2.24. The molecule has 21 heavy (non-hydrogen) atoms. The van der Waals surface area contributed by atoms with Crippen molar-refractivity contribution < 1.29 is 4.74 Å². The highest BCUT2D eigenvalue weighted by molar-refractivity contribution is 5.40. The van der Waals surface area contributed by atoms with Gasteiger partial charge in [-0.2, -0.15) is 0 Å². The van der Waals surface area contributed by atoms with Gasteiger partial charge < -0.3 is 10.1 Å². The van der Waals surface area contributed by atoms with Crippen LogP contribution in [0, 0.1) is 12.3 Å². The monoisotopic (exact) mass is 277 g/mol. The molecule has 0 amide bonds. The average molecular weight is 277 g/mol. The molecule has 0 spiro atoms. The lowest BCUT2D eigenvalue weighted by Crippen LogP contribution is -2.28. The van der Waals surface area contributed by atoms with Crippen LogP contribution in [0.4, 0.5) is 0 Å². The fraction of sp³-hybridized carbons (Fsp3) is 0.263. The Bertz CT molecular complexity index is 657. The van der Waals surface area contributed by atoms with Crippen molar-refractivity contribution in [3.8, 4) is 18.1 Å². The summed E-state index contributed by atoms with van der Waals surface area (Å²) < 4.78 is 5.56. The molecule has 0 aromatic heterocycles. The lowest BCUT2D eigenvalue weighted by Gasteiger charge is -2.30. The fourth-order valence-electron chi connectivity index (χ4n) is 2.84. The van der Waals surface area contributed by atoms with E-state index in [9.17, 15) is 0 Å². The third-order valence-electron chi connectivity index (χ3n) is 3.95. The Balaban J connectivity index is 1.54. The first-order valence-electron chi connectivity index (χ1n) is 7.31. The number of benzene rings is 2. The molecule has 0 fully saturated rings. The standard InChI is InChI=1S/C19H19NO/c1-2-11-21-19-10-6-4-8-16(19)13-20-14-17-12-15-7-3-5-9-18(15)17/h1,3-10,17,20H,11-14H2. The van der Waals surface area contributed by atoms with E-state index < -0.39 is 0 Å². The molecule has 2 aromatic carbocycles. The van der Waals surface area contributed by atoms with E-state index in [0.29, 0.717) is 12.5 Å². The van der Waals surface area contributed by atoms with E-state index in [1.165, 1.54) is 17.5 Å². The number of ether oxygens (including phenoxy) is 1. The molecule has 0 heterocycles. The van der Waals surface area contributed by atoms with E-state index >= 15 is 0 Å². The molecule has 0 saturated carbocycles. The molecule has 2 aromatic rings. The van der Waals surface area contributed by atoms with Crippen LogP contribution in [-0.2, 0) is 13.0 Å². The van der Waals surface area contributed by atoms with Gasteiger partial charge >= 0.3 is 0 Å². The van der Waals surface area contributed by atoms with Crippen LogP contribution < -0.4 is 10.1 Å². The van der Waals surface area contributed by atoms with Gasteiger partial charge in [0.25, 0.3) is 0 Å². The second-order valence-corrected chi connectivity index (χ2v) is 5.33. The largest absolute Gasteiger partial charge is 0.481 e. The lowest BCUT2D eigenvalue weighted by atomic mass is 9.77. The van der Waals surface area contributed by atoms with E-state index in [-0.39, 0.29) is 0 Å². The zero-order valence-electron chi connectivity index (χ0n) is 12.0. The molecule has 0 aliphatic heterocycles. The van der Waals surface area contributed by atoms with Gasteiger partial charge in [-0.3, -0.25) is 0 Å². The highest BCUT2D eigenvalue weighted by Gasteiger charge is 2.24. The molecule has 1 atom stereocenters. The number of terminal acetylenes is 1. The quantitative estimate of drug-likeness (QED) is 0.819. The first-order chi connectivity index (χ1) is 10.4. The summed E-state index contributed by atoms with van der Waals surface area (Å²) in [5, 5.41) is 3.53. The molecule has 2 heteroatoms. The molecule has 0 saturated heterocycles. The number of hydrogen-bond acceptors (Lipinski definition) is 2. The van der Waals surface area contributed by atoms with Crippen molar-refractivity contribution in [2.75, 3.05) is 13.2 Å². The summed E-state index contributed by atoms with van der Waals surface area (Å²) in [5.41, 5.74) is 4.13. The summed E-state index contributed by atoms with van der Waals surface area (Å²) >= 11 is 0. The summed E-state index contributed by atoms with van der Waals surface area (Å²) in [4.78, 5) is 0. The average Bonchev–Trinajstić information content (AvgIpc) is 2.50. The van der Waals surface area contributed by atoms with Crippen LogP contribution in [0.15, 0.2) is 48.5 Å². The topological polar surface area (TPSA) is 21.3 Å². The van der Waals surface area contributed by atoms with E-state index in [2.05, 4.69) is 41.6 Å². The Morgan fingerprint density at radius 3 is 2.81 bits per heavy atom. The Morgan fingerprint density at radius 2 is 1.95 bits per heavy atom.